The summed E-state index contributed by atoms with van der Waals surface area (Å²) in [6.07, 6.45) is 4.55. The Kier molecular flexibility index (Phi) is 14.2. The Balaban J connectivity index is 0. The van der Waals surface area contributed by atoms with Gasteiger partial charge in [-0.3, -0.25) is 0 Å². The maximum atomic E-state index is 9.74. The predicted molar refractivity (Wildman–Crippen MR) is 46.5 cm³/mol. The SMILES string of the molecule is CCC(C)C=O.CCCC=O. The van der Waals surface area contributed by atoms with Crippen LogP contribution in [0, 0.1) is 5.92 Å². The lowest BCUT2D eigenvalue weighted by molar-refractivity contribution is -0.110. The normalized spacial score (nSPS) is 10.8. The van der Waals surface area contributed by atoms with Gasteiger partial charge >= 0.3 is 0 Å². The Bertz CT molecular complexity index is 89.6. The molecule has 66 valence electrons. The molecule has 1 unspecified atom stereocenters. The molecule has 11 heavy (non-hydrogen) atoms. The van der Waals surface area contributed by atoms with Crippen molar-refractivity contribution in [1.29, 1.82) is 0 Å². The van der Waals surface area contributed by atoms with Gasteiger partial charge in [0.05, 0.1) is 0 Å². The Morgan fingerprint density at radius 1 is 1.27 bits per heavy atom. The number of unbranched alkanes of at least 4 members (excludes halogenated alkanes) is 1. The maximum absolute atomic E-state index is 9.74. The number of hydrogen-bond donors (Lipinski definition) is 0. The third kappa shape index (κ3) is 17.6. The second kappa shape index (κ2) is 12.1. The summed E-state index contributed by atoms with van der Waals surface area (Å²) in [4.78, 5) is 19.1. The molecular formula is C9H18O2. The fraction of sp³-hybridized carbons (Fsp3) is 0.778. The van der Waals surface area contributed by atoms with Crippen molar-refractivity contribution in [1.82, 2.24) is 0 Å². The minimum absolute atomic E-state index is 0.255. The van der Waals surface area contributed by atoms with E-state index in [2.05, 4.69) is 0 Å². The van der Waals surface area contributed by atoms with Crippen molar-refractivity contribution < 1.29 is 9.59 Å². The highest BCUT2D eigenvalue weighted by Crippen LogP contribution is 1.91. The summed E-state index contributed by atoms with van der Waals surface area (Å²) in [5.41, 5.74) is 0. The van der Waals surface area contributed by atoms with E-state index >= 15 is 0 Å². The molecule has 0 aromatic heterocycles. The third-order valence-electron chi connectivity index (χ3n) is 1.28. The Hall–Kier alpha value is -0.660. The molecule has 2 heteroatoms. The topological polar surface area (TPSA) is 34.1 Å². The van der Waals surface area contributed by atoms with Gasteiger partial charge in [0, 0.05) is 12.3 Å². The molecule has 0 bridgehead atoms. The minimum Gasteiger partial charge on any atom is -0.303 e. The van der Waals surface area contributed by atoms with E-state index in [-0.39, 0.29) is 5.92 Å². The van der Waals surface area contributed by atoms with Crippen LogP contribution in [-0.4, -0.2) is 12.6 Å². The molecule has 0 radical (unpaired) electrons. The summed E-state index contributed by atoms with van der Waals surface area (Å²) in [6, 6.07) is 0. The lowest BCUT2D eigenvalue weighted by Crippen LogP contribution is -1.89. The molecule has 0 aliphatic carbocycles. The van der Waals surface area contributed by atoms with Crippen molar-refractivity contribution in [3.05, 3.63) is 0 Å². The van der Waals surface area contributed by atoms with E-state index in [4.69, 9.17) is 0 Å². The van der Waals surface area contributed by atoms with Crippen LogP contribution in [0.25, 0.3) is 0 Å². The number of aldehydes is 2. The number of carbonyl (C=O) groups is 2. The lowest BCUT2D eigenvalue weighted by Gasteiger charge is -1.89. The molecule has 0 saturated heterocycles. The standard InChI is InChI=1S/C5H10O.C4H8O/c1-3-5(2)4-6;1-2-3-4-5/h4-5H,3H2,1-2H3;4H,2-3H2,1H3. The van der Waals surface area contributed by atoms with Crippen molar-refractivity contribution in [3.8, 4) is 0 Å². The first kappa shape index (κ1) is 13.0. The number of hydrogen-bond acceptors (Lipinski definition) is 2. The molecule has 0 rings (SSSR count). The second-order valence-corrected chi connectivity index (χ2v) is 2.48. The maximum Gasteiger partial charge on any atom is 0.122 e. The number of carbonyl (C=O) groups excluding carboxylic acids is 2. The molecular weight excluding hydrogens is 140 g/mol. The van der Waals surface area contributed by atoms with Crippen LogP contribution in [0.4, 0.5) is 0 Å². The fourth-order valence-corrected chi connectivity index (χ4v) is 0.214. The van der Waals surface area contributed by atoms with Crippen LogP contribution < -0.4 is 0 Å². The van der Waals surface area contributed by atoms with Gasteiger partial charge in [-0.2, -0.15) is 0 Å². The molecule has 0 fully saturated rings. The van der Waals surface area contributed by atoms with E-state index in [1.165, 1.54) is 0 Å². The molecule has 0 aromatic rings. The third-order valence-corrected chi connectivity index (χ3v) is 1.28. The summed E-state index contributed by atoms with van der Waals surface area (Å²) >= 11 is 0. The van der Waals surface area contributed by atoms with E-state index in [0.29, 0.717) is 6.42 Å². The van der Waals surface area contributed by atoms with Gasteiger partial charge in [0.25, 0.3) is 0 Å². The summed E-state index contributed by atoms with van der Waals surface area (Å²) < 4.78 is 0. The van der Waals surface area contributed by atoms with E-state index in [1.54, 1.807) is 0 Å². The van der Waals surface area contributed by atoms with Crippen LogP contribution >= 0.6 is 0 Å². The van der Waals surface area contributed by atoms with Crippen LogP contribution in [0.1, 0.15) is 40.0 Å². The fourth-order valence-electron chi connectivity index (χ4n) is 0.214. The first-order valence-electron chi connectivity index (χ1n) is 4.11. The van der Waals surface area contributed by atoms with Gasteiger partial charge in [0.1, 0.15) is 12.6 Å². The average molecular weight is 158 g/mol. The molecule has 2 nitrogen and oxygen atoms in total. The van der Waals surface area contributed by atoms with Gasteiger partial charge in [-0.05, 0) is 12.8 Å². The Labute approximate surface area is 69.0 Å². The number of rotatable bonds is 4. The van der Waals surface area contributed by atoms with Crippen LogP contribution in [0.3, 0.4) is 0 Å². The molecule has 0 aliphatic rings. The van der Waals surface area contributed by atoms with E-state index < -0.39 is 0 Å². The molecule has 0 saturated carbocycles. The van der Waals surface area contributed by atoms with Gasteiger partial charge in [0.15, 0.2) is 0 Å². The quantitative estimate of drug-likeness (QED) is 0.588. The molecule has 0 heterocycles. The van der Waals surface area contributed by atoms with Gasteiger partial charge in [-0.15, -0.1) is 0 Å². The highest BCUT2D eigenvalue weighted by molar-refractivity contribution is 5.52. The predicted octanol–water partition coefficient (Wildman–Crippen LogP) is 2.22. The Morgan fingerprint density at radius 3 is 1.82 bits per heavy atom. The zero-order valence-corrected chi connectivity index (χ0v) is 7.67. The van der Waals surface area contributed by atoms with Gasteiger partial charge in [-0.25, -0.2) is 0 Å². The second-order valence-electron chi connectivity index (χ2n) is 2.48. The zero-order chi connectivity index (χ0) is 9.11. The molecule has 0 aliphatic heterocycles. The molecule has 0 aromatic carbocycles. The highest BCUT2D eigenvalue weighted by Gasteiger charge is 1.89. The van der Waals surface area contributed by atoms with Crippen molar-refractivity contribution in [2.75, 3.05) is 0 Å². The average Bonchev–Trinajstić information content (AvgIpc) is 2.06. The van der Waals surface area contributed by atoms with Gasteiger partial charge in [0.2, 0.25) is 0 Å². The lowest BCUT2D eigenvalue weighted by atomic mass is 10.2. The largest absolute Gasteiger partial charge is 0.303 e. The van der Waals surface area contributed by atoms with E-state index in [0.717, 1.165) is 25.4 Å². The van der Waals surface area contributed by atoms with Crippen molar-refractivity contribution in [3.63, 3.8) is 0 Å². The first-order valence-corrected chi connectivity index (χ1v) is 4.11. The van der Waals surface area contributed by atoms with Gasteiger partial charge in [-0.1, -0.05) is 20.8 Å². The van der Waals surface area contributed by atoms with Crippen LogP contribution in [0.2, 0.25) is 0 Å². The molecule has 0 spiro atoms. The van der Waals surface area contributed by atoms with Crippen LogP contribution in [-0.2, 0) is 9.59 Å². The van der Waals surface area contributed by atoms with Crippen LogP contribution in [0.5, 0.6) is 0 Å². The van der Waals surface area contributed by atoms with Crippen LogP contribution in [0.15, 0.2) is 0 Å². The van der Waals surface area contributed by atoms with E-state index in [9.17, 15) is 9.59 Å². The minimum atomic E-state index is 0.255. The van der Waals surface area contributed by atoms with Gasteiger partial charge < -0.3 is 9.59 Å². The van der Waals surface area contributed by atoms with Crippen molar-refractivity contribution >= 4 is 12.6 Å². The van der Waals surface area contributed by atoms with Crippen molar-refractivity contribution in [2.24, 2.45) is 5.92 Å². The summed E-state index contributed by atoms with van der Waals surface area (Å²) in [6.45, 7) is 5.89. The van der Waals surface area contributed by atoms with E-state index in [1.807, 2.05) is 20.8 Å². The Morgan fingerprint density at radius 2 is 1.82 bits per heavy atom. The molecule has 0 amide bonds. The van der Waals surface area contributed by atoms with Crippen molar-refractivity contribution in [2.45, 2.75) is 40.0 Å². The summed E-state index contributed by atoms with van der Waals surface area (Å²) in [5, 5.41) is 0. The summed E-state index contributed by atoms with van der Waals surface area (Å²) in [7, 11) is 0. The smallest absolute Gasteiger partial charge is 0.122 e. The molecule has 1 atom stereocenters. The summed E-state index contributed by atoms with van der Waals surface area (Å²) in [5.74, 6) is 0.255. The monoisotopic (exact) mass is 158 g/mol. The zero-order valence-electron chi connectivity index (χ0n) is 7.67. The first-order chi connectivity index (χ1) is 5.22. The molecule has 0 N–H and O–H groups in total. The highest BCUT2D eigenvalue weighted by atomic mass is 16.1.